The van der Waals surface area contributed by atoms with E-state index in [0.717, 1.165) is 18.9 Å². The predicted octanol–water partition coefficient (Wildman–Crippen LogP) is 5.16. The Balaban J connectivity index is 1.86. The summed E-state index contributed by atoms with van der Waals surface area (Å²) < 4.78 is 12.3. The number of rotatable bonds is 2. The van der Waals surface area contributed by atoms with Crippen LogP contribution in [-0.4, -0.2) is 18.5 Å². The van der Waals surface area contributed by atoms with Gasteiger partial charge in [-0.3, -0.25) is 0 Å². The molecule has 3 aliphatic rings. The standard InChI is InChI=1S/C19H34O2/c1-6-20-16-9-8-15-18(4)12-7-11-17(2,3)14(18)10-13-19(15,5)21-16/h14-16H,6-13H2,1-5H3/t14-,15+,16?,18-,19+/m0/s1. The molecule has 0 N–H and O–H groups in total. The Kier molecular flexibility index (Phi) is 3.94. The van der Waals surface area contributed by atoms with Crippen LogP contribution in [0.15, 0.2) is 0 Å². The molecule has 3 rings (SSSR count). The summed E-state index contributed by atoms with van der Waals surface area (Å²) in [6.45, 7) is 12.8. The molecule has 5 atom stereocenters. The van der Waals surface area contributed by atoms with E-state index in [1.165, 1.54) is 38.5 Å². The predicted molar refractivity (Wildman–Crippen MR) is 86.1 cm³/mol. The largest absolute Gasteiger partial charge is 0.353 e. The van der Waals surface area contributed by atoms with Gasteiger partial charge in [-0.25, -0.2) is 0 Å². The van der Waals surface area contributed by atoms with Gasteiger partial charge in [0.1, 0.15) is 0 Å². The fourth-order valence-electron chi connectivity index (χ4n) is 6.35. The van der Waals surface area contributed by atoms with Crippen LogP contribution in [0.3, 0.4) is 0 Å². The van der Waals surface area contributed by atoms with Gasteiger partial charge in [0.2, 0.25) is 0 Å². The van der Waals surface area contributed by atoms with Gasteiger partial charge in [-0.15, -0.1) is 0 Å². The van der Waals surface area contributed by atoms with Gasteiger partial charge < -0.3 is 9.47 Å². The maximum Gasteiger partial charge on any atom is 0.158 e. The lowest BCUT2D eigenvalue weighted by Gasteiger charge is -2.64. The van der Waals surface area contributed by atoms with E-state index in [4.69, 9.17) is 9.47 Å². The van der Waals surface area contributed by atoms with Crippen LogP contribution in [0.1, 0.15) is 79.6 Å². The summed E-state index contributed by atoms with van der Waals surface area (Å²) in [6, 6.07) is 0. The minimum Gasteiger partial charge on any atom is -0.353 e. The van der Waals surface area contributed by atoms with Crippen molar-refractivity contribution in [3.63, 3.8) is 0 Å². The Labute approximate surface area is 131 Å². The average Bonchev–Trinajstić information content (AvgIpc) is 2.37. The molecule has 0 bridgehead atoms. The van der Waals surface area contributed by atoms with Crippen molar-refractivity contribution >= 4 is 0 Å². The summed E-state index contributed by atoms with van der Waals surface area (Å²) in [5.41, 5.74) is 1.01. The lowest BCUT2D eigenvalue weighted by molar-refractivity contribution is -0.292. The van der Waals surface area contributed by atoms with Crippen LogP contribution in [0.5, 0.6) is 0 Å². The Bertz CT molecular complexity index is 391. The van der Waals surface area contributed by atoms with E-state index in [9.17, 15) is 0 Å². The molecule has 0 spiro atoms. The third-order valence-corrected chi connectivity index (χ3v) is 7.18. The molecule has 122 valence electrons. The van der Waals surface area contributed by atoms with Crippen LogP contribution in [0.4, 0.5) is 0 Å². The van der Waals surface area contributed by atoms with Crippen LogP contribution in [0, 0.1) is 22.7 Å². The Morgan fingerprint density at radius 2 is 1.71 bits per heavy atom. The summed E-state index contributed by atoms with van der Waals surface area (Å²) in [6.07, 6.45) is 9.12. The zero-order chi connectivity index (χ0) is 15.3. The van der Waals surface area contributed by atoms with E-state index in [-0.39, 0.29) is 11.9 Å². The second kappa shape index (κ2) is 5.23. The molecule has 1 aliphatic heterocycles. The van der Waals surface area contributed by atoms with Crippen molar-refractivity contribution in [3.8, 4) is 0 Å². The molecule has 1 unspecified atom stereocenters. The third kappa shape index (κ3) is 2.47. The highest BCUT2D eigenvalue weighted by atomic mass is 16.7. The normalized spacial score (nSPS) is 49.3. The van der Waals surface area contributed by atoms with E-state index in [1.54, 1.807) is 0 Å². The first kappa shape index (κ1) is 15.8. The van der Waals surface area contributed by atoms with Crippen molar-refractivity contribution in [3.05, 3.63) is 0 Å². The second-order valence-electron chi connectivity index (χ2n) is 8.88. The zero-order valence-electron chi connectivity index (χ0n) is 14.7. The van der Waals surface area contributed by atoms with Crippen molar-refractivity contribution in [2.75, 3.05) is 6.61 Å². The van der Waals surface area contributed by atoms with Gasteiger partial charge in [0.25, 0.3) is 0 Å². The van der Waals surface area contributed by atoms with E-state index in [1.807, 2.05) is 0 Å². The number of ether oxygens (including phenoxy) is 2. The molecule has 21 heavy (non-hydrogen) atoms. The molecule has 0 radical (unpaired) electrons. The van der Waals surface area contributed by atoms with Gasteiger partial charge in [-0.1, -0.05) is 27.2 Å². The summed E-state index contributed by atoms with van der Waals surface area (Å²) in [5.74, 6) is 1.57. The molecule has 2 heteroatoms. The molecule has 0 aromatic rings. The van der Waals surface area contributed by atoms with Gasteiger partial charge in [0, 0.05) is 6.61 Å². The van der Waals surface area contributed by atoms with Crippen LogP contribution < -0.4 is 0 Å². The van der Waals surface area contributed by atoms with Crippen molar-refractivity contribution in [2.45, 2.75) is 91.5 Å². The molecule has 3 fully saturated rings. The number of hydrogen-bond acceptors (Lipinski definition) is 2. The topological polar surface area (TPSA) is 18.5 Å². The molecule has 2 saturated carbocycles. The lowest BCUT2D eigenvalue weighted by atomic mass is 9.45. The van der Waals surface area contributed by atoms with E-state index >= 15 is 0 Å². The Morgan fingerprint density at radius 1 is 0.952 bits per heavy atom. The SMILES string of the molecule is CCOC1CC[C@@H]2[C@@]3(C)CCCC(C)(C)[C@@H]3CC[C@@]2(C)O1. The fraction of sp³-hybridized carbons (Fsp3) is 1.00. The van der Waals surface area contributed by atoms with Crippen LogP contribution in [0.25, 0.3) is 0 Å². The van der Waals surface area contributed by atoms with Crippen molar-refractivity contribution in [1.82, 2.24) is 0 Å². The summed E-state index contributed by atoms with van der Waals surface area (Å²) in [4.78, 5) is 0. The van der Waals surface area contributed by atoms with Crippen molar-refractivity contribution < 1.29 is 9.47 Å². The van der Waals surface area contributed by atoms with Gasteiger partial charge in [-0.2, -0.15) is 0 Å². The van der Waals surface area contributed by atoms with Crippen LogP contribution >= 0.6 is 0 Å². The van der Waals surface area contributed by atoms with Crippen molar-refractivity contribution in [1.29, 1.82) is 0 Å². The second-order valence-corrected chi connectivity index (χ2v) is 8.88. The summed E-state index contributed by atoms with van der Waals surface area (Å²) in [5, 5.41) is 0. The maximum atomic E-state index is 6.48. The monoisotopic (exact) mass is 294 g/mol. The highest BCUT2D eigenvalue weighted by molar-refractivity contribution is 5.09. The molecule has 0 aromatic heterocycles. The molecular weight excluding hydrogens is 260 g/mol. The maximum absolute atomic E-state index is 6.48. The number of fused-ring (bicyclic) bond motifs is 3. The van der Waals surface area contributed by atoms with Gasteiger partial charge in [0.15, 0.2) is 6.29 Å². The zero-order valence-corrected chi connectivity index (χ0v) is 14.7. The average molecular weight is 294 g/mol. The van der Waals surface area contributed by atoms with E-state index < -0.39 is 0 Å². The first-order chi connectivity index (χ1) is 9.82. The van der Waals surface area contributed by atoms with Crippen LogP contribution in [0.2, 0.25) is 0 Å². The lowest BCUT2D eigenvalue weighted by Crippen LogP contribution is -2.61. The Hall–Kier alpha value is -0.0800. The van der Waals surface area contributed by atoms with E-state index in [2.05, 4.69) is 34.6 Å². The molecule has 1 saturated heterocycles. The van der Waals surface area contributed by atoms with Gasteiger partial charge in [0.05, 0.1) is 5.60 Å². The third-order valence-electron chi connectivity index (χ3n) is 7.18. The van der Waals surface area contributed by atoms with Gasteiger partial charge in [-0.05, 0) is 75.0 Å². The van der Waals surface area contributed by atoms with Gasteiger partial charge >= 0.3 is 0 Å². The van der Waals surface area contributed by atoms with E-state index in [0.29, 0.717) is 16.7 Å². The quantitative estimate of drug-likeness (QED) is 0.700. The highest BCUT2D eigenvalue weighted by Gasteiger charge is 2.60. The molecule has 2 nitrogen and oxygen atoms in total. The molecule has 0 amide bonds. The minimum absolute atomic E-state index is 0.0352. The number of hydrogen-bond donors (Lipinski definition) is 0. The minimum atomic E-state index is 0.0352. The fourth-order valence-corrected chi connectivity index (χ4v) is 6.35. The molecular formula is C19H34O2. The molecule has 2 aliphatic carbocycles. The smallest absolute Gasteiger partial charge is 0.158 e. The molecule has 1 heterocycles. The highest BCUT2D eigenvalue weighted by Crippen LogP contribution is 2.64. The first-order valence-corrected chi connectivity index (χ1v) is 9.11. The summed E-state index contributed by atoms with van der Waals surface area (Å²) >= 11 is 0. The summed E-state index contributed by atoms with van der Waals surface area (Å²) in [7, 11) is 0. The molecule has 0 aromatic carbocycles. The van der Waals surface area contributed by atoms with Crippen molar-refractivity contribution in [2.24, 2.45) is 22.7 Å². The Morgan fingerprint density at radius 3 is 2.43 bits per heavy atom. The van der Waals surface area contributed by atoms with Crippen LogP contribution in [-0.2, 0) is 9.47 Å². The first-order valence-electron chi connectivity index (χ1n) is 9.11.